The minimum atomic E-state index is -4.35. The van der Waals surface area contributed by atoms with Crippen molar-refractivity contribution < 1.29 is 22.7 Å². The summed E-state index contributed by atoms with van der Waals surface area (Å²) in [5.41, 5.74) is 1.06. The van der Waals surface area contributed by atoms with E-state index in [1.165, 1.54) is 12.1 Å². The smallest absolute Gasteiger partial charge is 0.416 e. The van der Waals surface area contributed by atoms with Crippen molar-refractivity contribution in [3.8, 4) is 5.75 Å². The van der Waals surface area contributed by atoms with E-state index in [4.69, 9.17) is 4.74 Å². The molecule has 2 aliphatic rings. The number of methoxy groups -OCH3 is 1. The molecule has 2 aromatic carbocycles. The lowest BCUT2D eigenvalue weighted by atomic mass is 10.1. The molecule has 33 heavy (non-hydrogen) atoms. The van der Waals surface area contributed by atoms with Crippen LogP contribution in [0.2, 0.25) is 0 Å². The Bertz CT molecular complexity index is 935. The third-order valence-electron chi connectivity index (χ3n) is 6.34. The number of benzene rings is 2. The maximum Gasteiger partial charge on any atom is 0.416 e. The maximum absolute atomic E-state index is 13.0. The summed E-state index contributed by atoms with van der Waals surface area (Å²) in [6.07, 6.45) is -4.35. The molecule has 0 aromatic heterocycles. The lowest BCUT2D eigenvalue weighted by molar-refractivity contribution is -0.137. The van der Waals surface area contributed by atoms with Gasteiger partial charge in [-0.2, -0.15) is 13.2 Å². The molecule has 0 saturated carbocycles. The van der Waals surface area contributed by atoms with Crippen LogP contribution in [0.25, 0.3) is 0 Å². The molecular weight excluding hydrogens is 433 g/mol. The second-order valence-corrected chi connectivity index (χ2v) is 8.38. The van der Waals surface area contributed by atoms with Gasteiger partial charge >= 0.3 is 6.18 Å². The second kappa shape index (κ2) is 9.91. The molecule has 4 rings (SSSR count). The first-order valence-corrected chi connectivity index (χ1v) is 11.1. The third-order valence-corrected chi connectivity index (χ3v) is 6.34. The van der Waals surface area contributed by atoms with Crippen LogP contribution in [0.5, 0.6) is 5.75 Å². The van der Waals surface area contributed by atoms with Crippen molar-refractivity contribution >= 4 is 17.3 Å². The first kappa shape index (κ1) is 23.2. The number of nitrogens with zero attached hydrogens (tertiary/aromatic N) is 4. The van der Waals surface area contributed by atoms with Crippen molar-refractivity contribution in [1.29, 1.82) is 0 Å². The van der Waals surface area contributed by atoms with Gasteiger partial charge in [0.15, 0.2) is 0 Å². The molecule has 1 amide bonds. The number of hydrogen-bond donors (Lipinski definition) is 0. The molecule has 0 atom stereocenters. The van der Waals surface area contributed by atoms with E-state index in [0.717, 1.165) is 30.6 Å². The molecule has 2 fully saturated rings. The molecule has 6 nitrogen and oxygen atoms in total. The van der Waals surface area contributed by atoms with Crippen LogP contribution in [-0.4, -0.2) is 81.7 Å². The summed E-state index contributed by atoms with van der Waals surface area (Å²) in [4.78, 5) is 21.0. The Balaban J connectivity index is 1.23. The molecule has 0 unspecified atom stereocenters. The largest absolute Gasteiger partial charge is 0.497 e. The Morgan fingerprint density at radius 3 is 2.06 bits per heavy atom. The zero-order valence-corrected chi connectivity index (χ0v) is 18.7. The highest BCUT2D eigenvalue weighted by Crippen LogP contribution is 2.32. The van der Waals surface area contributed by atoms with Gasteiger partial charge in [0.2, 0.25) is 5.91 Å². The molecule has 0 radical (unpaired) electrons. The van der Waals surface area contributed by atoms with Crippen LogP contribution >= 0.6 is 0 Å². The van der Waals surface area contributed by atoms with E-state index in [1.54, 1.807) is 13.2 Å². The van der Waals surface area contributed by atoms with Gasteiger partial charge in [-0.05, 0) is 42.5 Å². The third kappa shape index (κ3) is 5.71. The molecule has 0 spiro atoms. The second-order valence-electron chi connectivity index (χ2n) is 8.38. The van der Waals surface area contributed by atoms with E-state index in [1.807, 2.05) is 34.1 Å². The fourth-order valence-corrected chi connectivity index (χ4v) is 4.34. The zero-order valence-electron chi connectivity index (χ0n) is 18.7. The fraction of sp³-hybridized carbons (Fsp3) is 0.458. The molecule has 0 bridgehead atoms. The van der Waals surface area contributed by atoms with Gasteiger partial charge < -0.3 is 19.4 Å². The number of halogens is 3. The Hall–Kier alpha value is -2.94. The van der Waals surface area contributed by atoms with Crippen molar-refractivity contribution in [2.45, 2.75) is 6.18 Å². The van der Waals surface area contributed by atoms with E-state index in [9.17, 15) is 18.0 Å². The first-order valence-electron chi connectivity index (χ1n) is 11.1. The molecule has 2 heterocycles. The Labute approximate surface area is 192 Å². The lowest BCUT2D eigenvalue weighted by Gasteiger charge is -2.39. The SMILES string of the molecule is COc1ccc(N2CCN(C(=O)CN3CCN(c4cccc(C(F)(F)F)c4)CC3)CC2)cc1. The van der Waals surface area contributed by atoms with E-state index in [0.29, 0.717) is 51.5 Å². The number of carbonyl (C=O) groups excluding carboxylic acids is 1. The monoisotopic (exact) mass is 462 g/mol. The van der Waals surface area contributed by atoms with Crippen LogP contribution in [0.3, 0.4) is 0 Å². The Morgan fingerprint density at radius 2 is 1.45 bits per heavy atom. The average Bonchev–Trinajstić information content (AvgIpc) is 2.84. The Morgan fingerprint density at radius 1 is 0.848 bits per heavy atom. The van der Waals surface area contributed by atoms with Gasteiger partial charge in [0, 0.05) is 63.7 Å². The molecule has 2 aromatic rings. The van der Waals surface area contributed by atoms with E-state index in [2.05, 4.69) is 9.80 Å². The summed E-state index contributed by atoms with van der Waals surface area (Å²) in [7, 11) is 1.64. The van der Waals surface area contributed by atoms with E-state index in [-0.39, 0.29) is 5.91 Å². The van der Waals surface area contributed by atoms with Gasteiger partial charge in [-0.15, -0.1) is 0 Å². The highest BCUT2D eigenvalue weighted by molar-refractivity contribution is 5.78. The molecule has 2 aliphatic heterocycles. The van der Waals surface area contributed by atoms with E-state index < -0.39 is 11.7 Å². The summed E-state index contributed by atoms with van der Waals surface area (Å²) in [6, 6.07) is 13.4. The van der Waals surface area contributed by atoms with Crippen molar-refractivity contribution in [3.05, 3.63) is 54.1 Å². The molecule has 9 heteroatoms. The number of ether oxygens (including phenoxy) is 1. The number of amides is 1. The van der Waals surface area contributed by atoms with Gasteiger partial charge in [0.25, 0.3) is 0 Å². The quantitative estimate of drug-likeness (QED) is 0.683. The number of rotatable bonds is 5. The van der Waals surface area contributed by atoms with Gasteiger partial charge in [0.1, 0.15) is 5.75 Å². The summed E-state index contributed by atoms with van der Waals surface area (Å²) in [5, 5.41) is 0. The molecule has 178 valence electrons. The van der Waals surface area contributed by atoms with Crippen molar-refractivity contribution in [1.82, 2.24) is 9.80 Å². The first-order chi connectivity index (χ1) is 15.8. The fourth-order valence-electron chi connectivity index (χ4n) is 4.34. The van der Waals surface area contributed by atoms with Crippen LogP contribution in [0.4, 0.5) is 24.5 Å². The highest BCUT2D eigenvalue weighted by atomic mass is 19.4. The van der Waals surface area contributed by atoms with Crippen molar-refractivity contribution in [3.63, 3.8) is 0 Å². The van der Waals surface area contributed by atoms with Crippen LogP contribution in [0.15, 0.2) is 48.5 Å². The van der Waals surface area contributed by atoms with Crippen LogP contribution < -0.4 is 14.5 Å². The van der Waals surface area contributed by atoms with Crippen LogP contribution in [-0.2, 0) is 11.0 Å². The molecular formula is C24H29F3N4O2. The predicted molar refractivity (Wildman–Crippen MR) is 122 cm³/mol. The summed E-state index contributed by atoms with van der Waals surface area (Å²) in [5.74, 6) is 0.928. The number of alkyl halides is 3. The number of anilines is 2. The standard InChI is InChI=1S/C24H29F3N4O2/c1-33-22-7-5-20(6-8-22)29-13-15-31(16-14-29)23(32)18-28-9-11-30(12-10-28)21-4-2-3-19(17-21)24(25,26)27/h2-8,17H,9-16,18H2,1H3. The summed E-state index contributed by atoms with van der Waals surface area (Å²) < 4.78 is 44.2. The summed E-state index contributed by atoms with van der Waals surface area (Å²) >= 11 is 0. The van der Waals surface area contributed by atoms with Crippen LogP contribution in [0.1, 0.15) is 5.56 Å². The van der Waals surface area contributed by atoms with Crippen molar-refractivity contribution in [2.24, 2.45) is 0 Å². The minimum Gasteiger partial charge on any atom is -0.497 e. The average molecular weight is 463 g/mol. The van der Waals surface area contributed by atoms with Crippen LogP contribution in [0, 0.1) is 0 Å². The zero-order chi connectivity index (χ0) is 23.4. The van der Waals surface area contributed by atoms with Gasteiger partial charge in [0.05, 0.1) is 19.2 Å². The van der Waals surface area contributed by atoms with Gasteiger partial charge in [-0.25, -0.2) is 0 Å². The van der Waals surface area contributed by atoms with Crippen molar-refractivity contribution in [2.75, 3.05) is 75.8 Å². The number of piperazine rings is 2. The lowest BCUT2D eigenvalue weighted by Crippen LogP contribution is -2.54. The molecule has 2 saturated heterocycles. The predicted octanol–water partition coefficient (Wildman–Crippen LogP) is 3.18. The molecule has 0 aliphatic carbocycles. The van der Waals surface area contributed by atoms with E-state index >= 15 is 0 Å². The maximum atomic E-state index is 13.0. The minimum absolute atomic E-state index is 0.108. The number of hydrogen-bond acceptors (Lipinski definition) is 5. The Kier molecular flexibility index (Phi) is 6.97. The number of carbonyl (C=O) groups is 1. The normalized spacial score (nSPS) is 17.9. The molecule has 0 N–H and O–H groups in total. The van der Waals surface area contributed by atoms with Gasteiger partial charge in [-0.3, -0.25) is 9.69 Å². The highest BCUT2D eigenvalue weighted by Gasteiger charge is 2.31. The topological polar surface area (TPSA) is 39.3 Å². The summed E-state index contributed by atoms with van der Waals surface area (Å²) in [6.45, 7) is 5.74. The van der Waals surface area contributed by atoms with Gasteiger partial charge in [-0.1, -0.05) is 6.07 Å².